The van der Waals surface area contributed by atoms with Gasteiger partial charge in [0.15, 0.2) is 0 Å². The predicted octanol–water partition coefficient (Wildman–Crippen LogP) is 1.43. The number of amides is 1. The lowest BCUT2D eigenvalue weighted by atomic mass is 10.0. The van der Waals surface area contributed by atoms with E-state index in [0.717, 1.165) is 28.5 Å². The summed E-state index contributed by atoms with van der Waals surface area (Å²) in [6.07, 6.45) is 3.36. The van der Waals surface area contributed by atoms with Gasteiger partial charge in [-0.05, 0) is 35.4 Å². The molecule has 1 aliphatic carbocycles. The molecule has 2 aromatic carbocycles. The van der Waals surface area contributed by atoms with E-state index in [4.69, 9.17) is 0 Å². The van der Waals surface area contributed by atoms with Crippen LogP contribution >= 0.6 is 0 Å². The zero-order valence-corrected chi connectivity index (χ0v) is 12.8. The number of aromatic nitrogens is 2. The van der Waals surface area contributed by atoms with E-state index in [1.165, 1.54) is 28.8 Å². The number of benzene rings is 2. The molecule has 1 aromatic heterocycles. The number of hydrogen-bond donors (Lipinski definition) is 2. The van der Waals surface area contributed by atoms with Gasteiger partial charge in [-0.1, -0.05) is 24.3 Å². The molecule has 0 bridgehead atoms. The summed E-state index contributed by atoms with van der Waals surface area (Å²) in [6.45, 7) is -0.154. The van der Waals surface area contributed by atoms with Gasteiger partial charge in [-0.3, -0.25) is 19.1 Å². The lowest BCUT2D eigenvalue weighted by Crippen LogP contribution is -2.32. The third-order valence-electron chi connectivity index (χ3n) is 4.36. The van der Waals surface area contributed by atoms with Crippen LogP contribution in [0.25, 0.3) is 10.8 Å². The molecular formula is C18H15N3O3. The van der Waals surface area contributed by atoms with Gasteiger partial charge < -0.3 is 5.32 Å². The summed E-state index contributed by atoms with van der Waals surface area (Å²) in [5.74, 6) is -0.317. The van der Waals surface area contributed by atoms with E-state index in [-0.39, 0.29) is 12.5 Å². The minimum Gasteiger partial charge on any atom is -0.324 e. The van der Waals surface area contributed by atoms with Crippen molar-refractivity contribution in [2.75, 3.05) is 5.32 Å². The number of rotatable bonds is 3. The first-order valence-electron chi connectivity index (χ1n) is 7.75. The maximum absolute atomic E-state index is 12.3. The molecule has 24 heavy (non-hydrogen) atoms. The lowest BCUT2D eigenvalue weighted by molar-refractivity contribution is -0.116. The second-order valence-electron chi connectivity index (χ2n) is 5.90. The first kappa shape index (κ1) is 14.4. The SMILES string of the molecule is O=C(Cn1ccc(=O)[nH]c1=O)Nc1ccc2c3c(cccc13)CC2. The van der Waals surface area contributed by atoms with E-state index in [0.29, 0.717) is 0 Å². The fourth-order valence-electron chi connectivity index (χ4n) is 3.27. The minimum atomic E-state index is -0.599. The van der Waals surface area contributed by atoms with Gasteiger partial charge >= 0.3 is 5.69 Å². The monoisotopic (exact) mass is 321 g/mol. The molecule has 6 heteroatoms. The highest BCUT2D eigenvalue weighted by Gasteiger charge is 2.16. The summed E-state index contributed by atoms with van der Waals surface area (Å²) in [7, 11) is 0. The van der Waals surface area contributed by atoms with Crippen LogP contribution in [0.2, 0.25) is 0 Å². The molecule has 0 atom stereocenters. The number of nitrogens with one attached hydrogen (secondary N) is 2. The molecule has 0 radical (unpaired) electrons. The number of aromatic amines is 1. The van der Waals surface area contributed by atoms with Crippen LogP contribution in [0.1, 0.15) is 11.1 Å². The van der Waals surface area contributed by atoms with E-state index < -0.39 is 11.2 Å². The Morgan fingerprint density at radius 1 is 1.08 bits per heavy atom. The normalized spacial score (nSPS) is 12.5. The van der Waals surface area contributed by atoms with E-state index >= 15 is 0 Å². The molecule has 4 rings (SSSR count). The number of anilines is 1. The molecular weight excluding hydrogens is 306 g/mol. The van der Waals surface area contributed by atoms with Crippen LogP contribution in [-0.4, -0.2) is 15.5 Å². The molecule has 120 valence electrons. The quantitative estimate of drug-likeness (QED) is 0.765. The summed E-state index contributed by atoms with van der Waals surface area (Å²) in [5.41, 5.74) is 2.26. The Morgan fingerprint density at radius 2 is 1.88 bits per heavy atom. The van der Waals surface area contributed by atoms with Gasteiger partial charge in [0.25, 0.3) is 5.56 Å². The Bertz CT molecular complexity index is 1070. The van der Waals surface area contributed by atoms with Crippen LogP contribution in [0.4, 0.5) is 5.69 Å². The molecule has 3 aromatic rings. The Morgan fingerprint density at radius 3 is 2.67 bits per heavy atom. The van der Waals surface area contributed by atoms with E-state index in [1.54, 1.807) is 0 Å². The molecule has 0 fully saturated rings. The molecule has 0 spiro atoms. The van der Waals surface area contributed by atoms with Crippen LogP contribution in [0.15, 0.2) is 52.2 Å². The molecule has 0 unspecified atom stereocenters. The molecule has 0 saturated carbocycles. The molecule has 0 aliphatic heterocycles. The molecule has 1 heterocycles. The van der Waals surface area contributed by atoms with Crippen LogP contribution in [0, 0.1) is 0 Å². The minimum absolute atomic E-state index is 0.154. The fraction of sp³-hybridized carbons (Fsp3) is 0.167. The second kappa shape index (κ2) is 5.49. The van der Waals surface area contributed by atoms with Crippen molar-refractivity contribution in [3.05, 3.63) is 74.6 Å². The first-order valence-corrected chi connectivity index (χ1v) is 7.75. The maximum Gasteiger partial charge on any atom is 0.328 e. The number of hydrogen-bond acceptors (Lipinski definition) is 3. The van der Waals surface area contributed by atoms with Crippen molar-refractivity contribution in [2.24, 2.45) is 0 Å². The van der Waals surface area contributed by atoms with E-state index in [1.807, 2.05) is 24.3 Å². The highest BCUT2D eigenvalue weighted by Crippen LogP contribution is 2.34. The van der Waals surface area contributed by atoms with Gasteiger partial charge in [-0.15, -0.1) is 0 Å². The van der Waals surface area contributed by atoms with Gasteiger partial charge in [0.05, 0.1) is 0 Å². The number of carbonyl (C=O) groups excluding carboxylic acids is 1. The van der Waals surface area contributed by atoms with Crippen molar-refractivity contribution in [2.45, 2.75) is 19.4 Å². The molecule has 0 saturated heterocycles. The van der Waals surface area contributed by atoms with Gasteiger partial charge in [0, 0.05) is 23.3 Å². The van der Waals surface area contributed by atoms with Gasteiger partial charge in [-0.2, -0.15) is 0 Å². The second-order valence-corrected chi connectivity index (χ2v) is 5.90. The number of H-pyrrole nitrogens is 1. The summed E-state index contributed by atoms with van der Waals surface area (Å²) >= 11 is 0. The molecule has 6 nitrogen and oxygen atoms in total. The van der Waals surface area contributed by atoms with Crippen LogP contribution in [0.3, 0.4) is 0 Å². The third kappa shape index (κ3) is 2.42. The summed E-state index contributed by atoms with van der Waals surface area (Å²) in [6, 6.07) is 11.3. The number of aryl methyl sites for hydroxylation is 2. The average molecular weight is 321 g/mol. The standard InChI is InChI=1S/C18H15N3O3/c22-15-8-9-21(18(24)20-15)10-16(23)19-14-7-6-12-5-4-11-2-1-3-13(14)17(11)12/h1-3,6-9H,4-5,10H2,(H,19,23)(H,20,22,24). The van der Waals surface area contributed by atoms with Crippen LogP contribution < -0.4 is 16.6 Å². The Labute approximate surface area is 136 Å². The summed E-state index contributed by atoms with van der Waals surface area (Å²) < 4.78 is 1.16. The van der Waals surface area contributed by atoms with Crippen molar-refractivity contribution >= 4 is 22.4 Å². The van der Waals surface area contributed by atoms with Crippen molar-refractivity contribution in [3.63, 3.8) is 0 Å². The topological polar surface area (TPSA) is 84.0 Å². The van der Waals surface area contributed by atoms with Crippen molar-refractivity contribution in [3.8, 4) is 0 Å². The predicted molar refractivity (Wildman–Crippen MR) is 91.3 cm³/mol. The van der Waals surface area contributed by atoms with Crippen LogP contribution in [-0.2, 0) is 24.2 Å². The van der Waals surface area contributed by atoms with Gasteiger partial charge in [0.1, 0.15) is 6.54 Å². The lowest BCUT2D eigenvalue weighted by Gasteiger charge is -2.11. The Kier molecular flexibility index (Phi) is 3.30. The highest BCUT2D eigenvalue weighted by molar-refractivity contribution is 6.05. The third-order valence-corrected chi connectivity index (χ3v) is 4.36. The summed E-state index contributed by atoms with van der Waals surface area (Å²) in [5, 5.41) is 5.10. The fourth-order valence-corrected chi connectivity index (χ4v) is 3.27. The highest BCUT2D eigenvalue weighted by atomic mass is 16.2. The number of nitrogens with zero attached hydrogens (tertiary/aromatic N) is 1. The van der Waals surface area contributed by atoms with Crippen molar-refractivity contribution in [1.29, 1.82) is 0 Å². The Hall–Kier alpha value is -3.15. The molecule has 1 aliphatic rings. The Balaban J connectivity index is 1.64. The van der Waals surface area contributed by atoms with Crippen molar-refractivity contribution < 1.29 is 4.79 Å². The summed E-state index contributed by atoms with van der Waals surface area (Å²) in [4.78, 5) is 37.1. The molecule has 1 amide bonds. The van der Waals surface area contributed by atoms with E-state index in [9.17, 15) is 14.4 Å². The van der Waals surface area contributed by atoms with E-state index in [2.05, 4.69) is 16.4 Å². The number of carbonyl (C=O) groups is 1. The van der Waals surface area contributed by atoms with Crippen LogP contribution in [0.5, 0.6) is 0 Å². The average Bonchev–Trinajstić information content (AvgIpc) is 2.98. The first-order chi connectivity index (χ1) is 11.6. The van der Waals surface area contributed by atoms with Crippen molar-refractivity contribution in [1.82, 2.24) is 9.55 Å². The zero-order valence-electron chi connectivity index (χ0n) is 12.8. The van der Waals surface area contributed by atoms with Gasteiger partial charge in [-0.25, -0.2) is 4.79 Å². The zero-order chi connectivity index (χ0) is 16.7. The largest absolute Gasteiger partial charge is 0.328 e. The maximum atomic E-state index is 12.3. The molecule has 2 N–H and O–H groups in total. The van der Waals surface area contributed by atoms with Gasteiger partial charge in [0.2, 0.25) is 5.91 Å². The smallest absolute Gasteiger partial charge is 0.324 e.